The summed E-state index contributed by atoms with van der Waals surface area (Å²) in [7, 11) is -3.07. The van der Waals surface area contributed by atoms with Crippen LogP contribution in [-0.4, -0.2) is 55.7 Å². The molecule has 11 heteroatoms. The Hall–Kier alpha value is -0.910. The van der Waals surface area contributed by atoms with Crippen LogP contribution in [0.4, 0.5) is 19.0 Å². The van der Waals surface area contributed by atoms with Crippen molar-refractivity contribution in [3.63, 3.8) is 0 Å². The van der Waals surface area contributed by atoms with E-state index in [0.717, 1.165) is 6.07 Å². The number of hydrogen-bond acceptors (Lipinski definition) is 5. The number of pyridine rings is 1. The second kappa shape index (κ2) is 6.90. The van der Waals surface area contributed by atoms with Gasteiger partial charge in [0.05, 0.1) is 6.61 Å². The van der Waals surface area contributed by atoms with E-state index in [4.69, 9.17) is 5.11 Å². The smallest absolute Gasteiger partial charge is 0.395 e. The van der Waals surface area contributed by atoms with Gasteiger partial charge in [0.25, 0.3) is 0 Å². The maximum Gasteiger partial charge on any atom is 0.402 e. The molecule has 0 radical (unpaired) electrons. The normalized spacial score (nSPS) is 12.7. The first kappa shape index (κ1) is 18.1. The molecule has 0 aliphatic heterocycles. The number of aliphatic hydroxyl groups excluding tert-OH is 1. The van der Waals surface area contributed by atoms with Crippen LogP contribution >= 0.6 is 15.9 Å². The minimum absolute atomic E-state index is 0.0803. The molecule has 1 aromatic heterocycles. The second-order valence-corrected chi connectivity index (χ2v) is 6.75. The highest BCUT2D eigenvalue weighted by atomic mass is 79.9. The molecule has 0 saturated heterocycles. The molecule has 0 amide bonds. The Bertz CT molecular complexity index is 595. The maximum atomic E-state index is 12.5. The Kier molecular flexibility index (Phi) is 5.96. The molecule has 0 aromatic carbocycles. The topological polar surface area (TPSA) is 82.5 Å². The summed E-state index contributed by atoms with van der Waals surface area (Å²) in [5, 5.41) is 11.3. The van der Waals surface area contributed by atoms with Crippen molar-refractivity contribution in [2.24, 2.45) is 0 Å². The predicted octanol–water partition coefficient (Wildman–Crippen LogP) is 1.43. The van der Waals surface area contributed by atoms with Gasteiger partial charge >= 0.3 is 6.18 Å². The van der Waals surface area contributed by atoms with Gasteiger partial charge < -0.3 is 10.4 Å². The van der Waals surface area contributed by atoms with Crippen LogP contribution < -0.4 is 5.32 Å². The van der Waals surface area contributed by atoms with Crippen molar-refractivity contribution in [3.8, 4) is 0 Å². The zero-order valence-corrected chi connectivity index (χ0v) is 13.3. The quantitative estimate of drug-likeness (QED) is 0.766. The summed E-state index contributed by atoms with van der Waals surface area (Å²) in [6, 6.07) is 1.15. The van der Waals surface area contributed by atoms with Gasteiger partial charge in [0.15, 0.2) is 0 Å². The Balaban J connectivity index is 3.32. The first-order valence-corrected chi connectivity index (χ1v) is 7.86. The molecular formula is C10H13BrF3N3O3S. The number of sulfonamides is 1. The average molecular weight is 392 g/mol. The van der Waals surface area contributed by atoms with E-state index < -0.39 is 40.8 Å². The van der Waals surface area contributed by atoms with Gasteiger partial charge in [-0.2, -0.15) is 17.5 Å². The number of aliphatic hydroxyl groups is 1. The number of alkyl halides is 3. The van der Waals surface area contributed by atoms with Crippen LogP contribution in [-0.2, 0) is 10.0 Å². The monoisotopic (exact) mass is 391 g/mol. The van der Waals surface area contributed by atoms with Crippen molar-refractivity contribution in [2.45, 2.75) is 11.1 Å². The van der Waals surface area contributed by atoms with Crippen molar-refractivity contribution in [3.05, 3.63) is 16.7 Å². The minimum atomic E-state index is -4.72. The highest BCUT2D eigenvalue weighted by Gasteiger charge is 2.37. The number of rotatable bonds is 6. The van der Waals surface area contributed by atoms with Crippen LogP contribution in [0.15, 0.2) is 21.6 Å². The fourth-order valence-electron chi connectivity index (χ4n) is 1.54. The molecule has 0 fully saturated rings. The van der Waals surface area contributed by atoms with Crippen molar-refractivity contribution in [1.82, 2.24) is 9.29 Å². The highest BCUT2D eigenvalue weighted by molar-refractivity contribution is 9.10. The SMILES string of the molecule is CNc1ncc(Br)cc1S(=O)(=O)N(CCO)CC(F)(F)F. The lowest BCUT2D eigenvalue weighted by Crippen LogP contribution is -2.40. The fourth-order valence-corrected chi connectivity index (χ4v) is 3.61. The van der Waals surface area contributed by atoms with Crippen LogP contribution in [0.3, 0.4) is 0 Å². The summed E-state index contributed by atoms with van der Waals surface area (Å²) >= 11 is 3.02. The summed E-state index contributed by atoms with van der Waals surface area (Å²) in [5.74, 6) is -0.0803. The van der Waals surface area contributed by atoms with Crippen molar-refractivity contribution in [1.29, 1.82) is 0 Å². The largest absolute Gasteiger partial charge is 0.402 e. The van der Waals surface area contributed by atoms with Crippen molar-refractivity contribution < 1.29 is 26.7 Å². The first-order chi connectivity index (χ1) is 9.61. The van der Waals surface area contributed by atoms with Crippen LogP contribution in [0.25, 0.3) is 0 Å². The van der Waals surface area contributed by atoms with Crippen LogP contribution in [0.1, 0.15) is 0 Å². The number of halogens is 4. The molecule has 2 N–H and O–H groups in total. The number of anilines is 1. The van der Waals surface area contributed by atoms with E-state index in [1.54, 1.807) is 0 Å². The van der Waals surface area contributed by atoms with E-state index in [0.29, 0.717) is 4.47 Å². The molecule has 120 valence electrons. The summed E-state index contributed by atoms with van der Waals surface area (Å²) < 4.78 is 62.7. The average Bonchev–Trinajstić information content (AvgIpc) is 2.36. The minimum Gasteiger partial charge on any atom is -0.395 e. The summed E-state index contributed by atoms with van der Waals surface area (Å²) in [4.78, 5) is 3.39. The number of nitrogens with zero attached hydrogens (tertiary/aromatic N) is 2. The maximum absolute atomic E-state index is 12.5. The third-order valence-corrected chi connectivity index (χ3v) is 4.67. The Morgan fingerprint density at radius 1 is 1.48 bits per heavy atom. The summed E-state index contributed by atoms with van der Waals surface area (Å²) in [6.45, 7) is -3.09. The van der Waals surface area contributed by atoms with E-state index >= 15 is 0 Å². The lowest BCUT2D eigenvalue weighted by Gasteiger charge is -2.23. The van der Waals surface area contributed by atoms with E-state index in [9.17, 15) is 21.6 Å². The fraction of sp³-hybridized carbons (Fsp3) is 0.500. The Morgan fingerprint density at radius 3 is 2.57 bits per heavy atom. The molecule has 1 rings (SSSR count). The molecule has 0 unspecified atom stereocenters. The molecule has 1 heterocycles. The summed E-state index contributed by atoms with van der Waals surface area (Å²) in [5.41, 5.74) is 0. The molecule has 21 heavy (non-hydrogen) atoms. The van der Waals surface area contributed by atoms with Crippen LogP contribution in [0, 0.1) is 0 Å². The van der Waals surface area contributed by atoms with Crippen LogP contribution in [0.2, 0.25) is 0 Å². The predicted molar refractivity (Wildman–Crippen MR) is 73.4 cm³/mol. The van der Waals surface area contributed by atoms with Crippen molar-refractivity contribution in [2.75, 3.05) is 32.1 Å². The number of hydrogen-bond donors (Lipinski definition) is 2. The van der Waals surface area contributed by atoms with Gasteiger partial charge in [-0.1, -0.05) is 0 Å². The Morgan fingerprint density at radius 2 is 2.10 bits per heavy atom. The zero-order chi connectivity index (χ0) is 16.3. The summed E-state index contributed by atoms with van der Waals surface area (Å²) in [6.07, 6.45) is -3.41. The zero-order valence-electron chi connectivity index (χ0n) is 10.9. The van der Waals surface area contributed by atoms with Gasteiger partial charge in [0.2, 0.25) is 10.0 Å². The molecule has 0 aliphatic rings. The molecule has 0 atom stereocenters. The van der Waals surface area contributed by atoms with Gasteiger partial charge in [-0.15, -0.1) is 0 Å². The van der Waals surface area contributed by atoms with Crippen LogP contribution in [0.5, 0.6) is 0 Å². The van der Waals surface area contributed by atoms with Gasteiger partial charge in [0.1, 0.15) is 17.3 Å². The molecule has 1 aromatic rings. The van der Waals surface area contributed by atoms with E-state index in [1.165, 1.54) is 13.2 Å². The van der Waals surface area contributed by atoms with Gasteiger partial charge in [-0.3, -0.25) is 0 Å². The van der Waals surface area contributed by atoms with Crippen molar-refractivity contribution >= 4 is 31.8 Å². The highest BCUT2D eigenvalue weighted by Crippen LogP contribution is 2.28. The lowest BCUT2D eigenvalue weighted by molar-refractivity contribution is -0.136. The molecule has 6 nitrogen and oxygen atoms in total. The number of nitrogens with one attached hydrogen (secondary N) is 1. The van der Waals surface area contributed by atoms with Gasteiger partial charge in [0, 0.05) is 24.3 Å². The molecule has 0 aliphatic carbocycles. The van der Waals surface area contributed by atoms with Gasteiger partial charge in [-0.25, -0.2) is 13.4 Å². The van der Waals surface area contributed by atoms with Gasteiger partial charge in [-0.05, 0) is 22.0 Å². The van der Waals surface area contributed by atoms with E-state index in [1.807, 2.05) is 0 Å². The first-order valence-electron chi connectivity index (χ1n) is 5.63. The Labute approximate surface area is 128 Å². The molecule has 0 bridgehead atoms. The number of aromatic nitrogens is 1. The molecule has 0 saturated carbocycles. The van der Waals surface area contributed by atoms with E-state index in [2.05, 4.69) is 26.2 Å². The second-order valence-electron chi connectivity index (χ2n) is 3.93. The third kappa shape index (κ3) is 4.80. The molecular weight excluding hydrogens is 379 g/mol. The lowest BCUT2D eigenvalue weighted by atomic mass is 10.4. The molecule has 0 spiro atoms. The van der Waals surface area contributed by atoms with E-state index in [-0.39, 0.29) is 10.1 Å². The standard InChI is InChI=1S/C10H13BrF3N3O3S/c1-15-9-8(4-7(11)5-16-9)21(19,20)17(2-3-18)6-10(12,13)14/h4-5,18H,2-3,6H2,1H3,(H,15,16). The third-order valence-electron chi connectivity index (χ3n) is 2.38.